The third-order valence-electron chi connectivity index (χ3n) is 3.17. The van der Waals surface area contributed by atoms with Crippen molar-refractivity contribution in [2.24, 2.45) is 0 Å². The topological polar surface area (TPSA) is 86.6 Å². The van der Waals surface area contributed by atoms with E-state index in [1.807, 2.05) is 12.1 Å². The van der Waals surface area contributed by atoms with Gasteiger partial charge < -0.3 is 15.5 Å². The highest BCUT2D eigenvalue weighted by Gasteiger charge is 2.25. The lowest BCUT2D eigenvalue weighted by Gasteiger charge is -2.22. The fourth-order valence-electron chi connectivity index (χ4n) is 1.88. The maximum absolute atomic E-state index is 12.0. The number of carbonyl (C=O) groups is 2. The second-order valence-corrected chi connectivity index (χ2v) is 6.58. The number of amides is 1. The fraction of sp³-hybridized carbons (Fsp3) is 0.500. The van der Waals surface area contributed by atoms with Crippen LogP contribution in [0.4, 0.5) is 0 Å². The van der Waals surface area contributed by atoms with Gasteiger partial charge in [0.05, 0.1) is 12.0 Å². The van der Waals surface area contributed by atoms with E-state index in [1.165, 1.54) is 6.92 Å². The molecular weight excluding hydrogens is 270 g/mol. The van der Waals surface area contributed by atoms with Gasteiger partial charge in [0.1, 0.15) is 0 Å². The molecule has 0 saturated heterocycles. The van der Waals surface area contributed by atoms with Crippen molar-refractivity contribution in [3.63, 3.8) is 0 Å². The summed E-state index contributed by atoms with van der Waals surface area (Å²) >= 11 is 0. The van der Waals surface area contributed by atoms with Gasteiger partial charge in [-0.05, 0) is 30.0 Å². The Kier molecular flexibility index (Phi) is 5.12. The number of benzene rings is 1. The quantitative estimate of drug-likeness (QED) is 0.774. The smallest absolute Gasteiger partial charge is 0.306 e. The van der Waals surface area contributed by atoms with Crippen molar-refractivity contribution >= 4 is 11.9 Å². The Morgan fingerprint density at radius 1 is 1.10 bits per heavy atom. The summed E-state index contributed by atoms with van der Waals surface area (Å²) in [4.78, 5) is 22.6. The Labute approximate surface area is 125 Å². The number of hydrogen-bond donors (Lipinski definition) is 3. The van der Waals surface area contributed by atoms with Crippen molar-refractivity contribution in [2.45, 2.75) is 45.1 Å². The Morgan fingerprint density at radius 2 is 1.62 bits per heavy atom. The summed E-state index contributed by atoms with van der Waals surface area (Å²) in [7, 11) is 0. The lowest BCUT2D eigenvalue weighted by atomic mass is 9.86. The highest BCUT2D eigenvalue weighted by atomic mass is 16.4. The molecule has 0 radical (unpaired) electrons. The molecule has 0 saturated carbocycles. The summed E-state index contributed by atoms with van der Waals surface area (Å²) in [5.74, 6) is -1.44. The molecule has 0 aliphatic rings. The molecule has 5 heteroatoms. The molecule has 3 N–H and O–H groups in total. The molecule has 21 heavy (non-hydrogen) atoms. The van der Waals surface area contributed by atoms with Gasteiger partial charge in [-0.3, -0.25) is 9.59 Å². The van der Waals surface area contributed by atoms with Crippen LogP contribution in [0.25, 0.3) is 0 Å². The Morgan fingerprint density at radius 3 is 2.05 bits per heavy atom. The van der Waals surface area contributed by atoms with Crippen LogP contribution in [0.5, 0.6) is 0 Å². The highest BCUT2D eigenvalue weighted by Crippen LogP contribution is 2.22. The van der Waals surface area contributed by atoms with E-state index < -0.39 is 18.0 Å². The van der Waals surface area contributed by atoms with Crippen LogP contribution in [0, 0.1) is 0 Å². The Balaban J connectivity index is 2.66. The third kappa shape index (κ3) is 5.55. The molecule has 116 valence electrons. The Bertz CT molecular complexity index is 512. The van der Waals surface area contributed by atoms with Gasteiger partial charge in [0.2, 0.25) is 0 Å². The van der Waals surface area contributed by atoms with Crippen LogP contribution in [-0.4, -0.2) is 34.2 Å². The minimum Gasteiger partial charge on any atom is -0.481 e. The fourth-order valence-corrected chi connectivity index (χ4v) is 1.88. The van der Waals surface area contributed by atoms with Crippen molar-refractivity contribution in [1.29, 1.82) is 0 Å². The number of nitrogens with one attached hydrogen (secondary N) is 1. The van der Waals surface area contributed by atoms with Gasteiger partial charge in [-0.25, -0.2) is 0 Å². The van der Waals surface area contributed by atoms with Crippen LogP contribution in [0.15, 0.2) is 24.3 Å². The molecule has 1 unspecified atom stereocenters. The second kappa shape index (κ2) is 6.26. The largest absolute Gasteiger partial charge is 0.481 e. The van der Waals surface area contributed by atoms with Crippen LogP contribution in [0.3, 0.4) is 0 Å². The molecule has 0 spiro atoms. The van der Waals surface area contributed by atoms with Crippen molar-refractivity contribution in [1.82, 2.24) is 5.32 Å². The van der Waals surface area contributed by atoms with Gasteiger partial charge in [-0.15, -0.1) is 0 Å². The molecule has 0 bridgehead atoms. The summed E-state index contributed by atoms with van der Waals surface area (Å²) < 4.78 is 0. The number of carboxylic acids is 1. The molecule has 0 aromatic heterocycles. The first-order valence-electron chi connectivity index (χ1n) is 6.84. The second-order valence-electron chi connectivity index (χ2n) is 6.58. The van der Waals surface area contributed by atoms with Crippen molar-refractivity contribution in [3.8, 4) is 0 Å². The van der Waals surface area contributed by atoms with Crippen molar-refractivity contribution in [3.05, 3.63) is 35.4 Å². The maximum atomic E-state index is 12.0. The molecule has 0 fully saturated rings. The lowest BCUT2D eigenvalue weighted by Crippen LogP contribution is -2.42. The number of hydrogen-bond acceptors (Lipinski definition) is 3. The molecule has 0 aliphatic heterocycles. The van der Waals surface area contributed by atoms with Gasteiger partial charge >= 0.3 is 5.97 Å². The summed E-state index contributed by atoms with van der Waals surface area (Å²) in [6.45, 7) is 7.53. The van der Waals surface area contributed by atoms with E-state index in [1.54, 1.807) is 12.1 Å². The van der Waals surface area contributed by atoms with E-state index in [-0.39, 0.29) is 17.9 Å². The highest BCUT2D eigenvalue weighted by molar-refractivity contribution is 5.94. The first kappa shape index (κ1) is 17.2. The normalized spacial score (nSPS) is 14.3. The molecule has 1 amide bonds. The Hall–Kier alpha value is -1.88. The summed E-state index contributed by atoms with van der Waals surface area (Å²) in [5, 5.41) is 21.1. The number of aliphatic carboxylic acids is 1. The zero-order valence-electron chi connectivity index (χ0n) is 12.9. The van der Waals surface area contributed by atoms with Crippen LogP contribution in [0.1, 0.15) is 50.0 Å². The van der Waals surface area contributed by atoms with Crippen LogP contribution in [0.2, 0.25) is 0 Å². The molecule has 5 nitrogen and oxygen atoms in total. The average molecular weight is 293 g/mol. The van der Waals surface area contributed by atoms with E-state index in [2.05, 4.69) is 26.1 Å². The molecule has 0 aliphatic carbocycles. The first-order chi connectivity index (χ1) is 9.51. The van der Waals surface area contributed by atoms with Gasteiger partial charge in [-0.1, -0.05) is 32.9 Å². The minimum atomic E-state index is -1.47. The molecule has 1 rings (SSSR count). The monoisotopic (exact) mass is 293 g/mol. The summed E-state index contributed by atoms with van der Waals surface area (Å²) in [5.41, 5.74) is 0.151. The zero-order chi connectivity index (χ0) is 16.3. The third-order valence-corrected chi connectivity index (χ3v) is 3.17. The van der Waals surface area contributed by atoms with Crippen molar-refractivity contribution in [2.75, 3.05) is 6.54 Å². The van der Waals surface area contributed by atoms with E-state index >= 15 is 0 Å². The predicted molar refractivity (Wildman–Crippen MR) is 80.4 cm³/mol. The lowest BCUT2D eigenvalue weighted by molar-refractivity contribution is -0.141. The van der Waals surface area contributed by atoms with E-state index in [0.29, 0.717) is 5.56 Å². The maximum Gasteiger partial charge on any atom is 0.306 e. The number of rotatable bonds is 5. The standard InChI is InChI=1S/C16H23NO4/c1-15(2,3)12-7-5-11(6-8-12)14(20)17-10-16(4,21)9-13(18)19/h5-8,21H,9-10H2,1-4H3,(H,17,20)(H,18,19). The van der Waals surface area contributed by atoms with E-state index in [9.17, 15) is 14.7 Å². The first-order valence-corrected chi connectivity index (χ1v) is 6.84. The number of aliphatic hydroxyl groups is 1. The van der Waals surface area contributed by atoms with Crippen LogP contribution in [-0.2, 0) is 10.2 Å². The van der Waals surface area contributed by atoms with E-state index in [4.69, 9.17) is 5.11 Å². The summed E-state index contributed by atoms with van der Waals surface area (Å²) in [6, 6.07) is 7.23. The average Bonchev–Trinajstić information content (AvgIpc) is 2.33. The predicted octanol–water partition coefficient (Wildman–Crippen LogP) is 1.94. The van der Waals surface area contributed by atoms with Crippen molar-refractivity contribution < 1.29 is 19.8 Å². The van der Waals surface area contributed by atoms with Gasteiger partial charge in [0.15, 0.2) is 0 Å². The molecule has 1 aromatic carbocycles. The number of carboxylic acid groups (broad SMARTS) is 1. The zero-order valence-corrected chi connectivity index (χ0v) is 12.9. The molecule has 1 atom stereocenters. The number of carbonyl (C=O) groups excluding carboxylic acids is 1. The molecule has 0 heterocycles. The molecule has 1 aromatic rings. The van der Waals surface area contributed by atoms with Crippen LogP contribution >= 0.6 is 0 Å². The summed E-state index contributed by atoms with van der Waals surface area (Å²) in [6.07, 6.45) is -0.420. The van der Waals surface area contributed by atoms with E-state index in [0.717, 1.165) is 5.56 Å². The van der Waals surface area contributed by atoms with Gasteiger partial charge in [0, 0.05) is 12.1 Å². The van der Waals surface area contributed by atoms with Crippen LogP contribution < -0.4 is 5.32 Å². The SMILES string of the molecule is CC(O)(CNC(=O)c1ccc(C(C)(C)C)cc1)CC(=O)O. The minimum absolute atomic E-state index is 0.0141. The van der Waals surface area contributed by atoms with Gasteiger partial charge in [0.25, 0.3) is 5.91 Å². The molecular formula is C16H23NO4. The van der Waals surface area contributed by atoms with Gasteiger partial charge in [-0.2, -0.15) is 0 Å².